The summed E-state index contributed by atoms with van der Waals surface area (Å²) in [4.78, 5) is 23.1. The molecule has 1 aromatic heterocycles. The molecule has 0 atom stereocenters. The number of fused-ring (bicyclic) bond motifs is 1. The molecule has 1 heterocycles. The Morgan fingerprint density at radius 1 is 1.47 bits per heavy atom. The van der Waals surface area contributed by atoms with Crippen molar-refractivity contribution < 1.29 is 9.21 Å². The molecule has 0 fully saturated rings. The van der Waals surface area contributed by atoms with Gasteiger partial charge in [0.15, 0.2) is 11.4 Å². The average molecular weight is 298 g/mol. The van der Waals surface area contributed by atoms with Crippen LogP contribution in [0.15, 0.2) is 27.4 Å². The highest BCUT2D eigenvalue weighted by molar-refractivity contribution is 9.09. The van der Waals surface area contributed by atoms with E-state index < -0.39 is 5.76 Å². The van der Waals surface area contributed by atoms with Crippen LogP contribution in [0.4, 0.5) is 0 Å². The lowest BCUT2D eigenvalue weighted by atomic mass is 10.1. The second kappa shape index (κ2) is 4.87. The maximum Gasteiger partial charge on any atom is 0.419 e. The lowest BCUT2D eigenvalue weighted by molar-refractivity contribution is 0.0982. The highest BCUT2D eigenvalue weighted by Crippen LogP contribution is 2.16. The summed E-state index contributed by atoms with van der Waals surface area (Å²) in [6, 6.07) is 5.10. The predicted octanol–water partition coefficient (Wildman–Crippen LogP) is 2.49. The monoisotopic (exact) mass is 297 g/mol. The summed E-state index contributed by atoms with van der Waals surface area (Å²) >= 11 is 3.29. The number of Topliss-reactive ketones (excluding diaryl/α,β-unsaturated/α-hetero) is 1. The van der Waals surface area contributed by atoms with Gasteiger partial charge in [0.05, 0.1) is 5.52 Å². The van der Waals surface area contributed by atoms with Crippen molar-refractivity contribution >= 4 is 32.8 Å². The van der Waals surface area contributed by atoms with Gasteiger partial charge in [-0.15, -0.1) is 0 Å². The largest absolute Gasteiger partial charge is 0.419 e. The van der Waals surface area contributed by atoms with Crippen molar-refractivity contribution in [3.63, 3.8) is 0 Å². The molecule has 0 unspecified atom stereocenters. The van der Waals surface area contributed by atoms with E-state index >= 15 is 0 Å². The molecule has 0 spiro atoms. The molecule has 90 valence electrons. The van der Waals surface area contributed by atoms with E-state index in [1.54, 1.807) is 25.2 Å². The van der Waals surface area contributed by atoms with Gasteiger partial charge in [0, 0.05) is 24.4 Å². The number of rotatable bonds is 4. The van der Waals surface area contributed by atoms with Crippen LogP contribution in [0.2, 0.25) is 0 Å². The highest BCUT2D eigenvalue weighted by Gasteiger charge is 2.10. The summed E-state index contributed by atoms with van der Waals surface area (Å²) in [7, 11) is 1.64. The van der Waals surface area contributed by atoms with E-state index in [-0.39, 0.29) is 5.78 Å². The number of hydrogen-bond acceptors (Lipinski definition) is 3. The molecule has 0 saturated heterocycles. The quantitative estimate of drug-likeness (QED) is 0.643. The van der Waals surface area contributed by atoms with Crippen LogP contribution in [0.25, 0.3) is 11.1 Å². The van der Waals surface area contributed by atoms with Crippen molar-refractivity contribution in [2.45, 2.75) is 12.8 Å². The SMILES string of the molecule is Cn1c(=O)oc2cc(C(=O)CCCBr)ccc21. The number of aromatic nitrogens is 1. The van der Waals surface area contributed by atoms with Gasteiger partial charge in [-0.3, -0.25) is 9.36 Å². The molecule has 0 N–H and O–H groups in total. The number of aryl methyl sites for hydroxylation is 1. The Bertz CT molecular complexity index is 612. The summed E-state index contributed by atoms with van der Waals surface area (Å²) in [5.41, 5.74) is 1.75. The number of oxazole rings is 1. The minimum Gasteiger partial charge on any atom is -0.408 e. The van der Waals surface area contributed by atoms with Crippen molar-refractivity contribution in [3.05, 3.63) is 34.3 Å². The summed E-state index contributed by atoms with van der Waals surface area (Å²) in [6.07, 6.45) is 1.30. The summed E-state index contributed by atoms with van der Waals surface area (Å²) < 4.78 is 6.46. The van der Waals surface area contributed by atoms with E-state index in [2.05, 4.69) is 15.9 Å². The Labute approximate surface area is 106 Å². The second-order valence-corrected chi connectivity index (χ2v) is 4.62. The Balaban J connectivity index is 2.38. The maximum atomic E-state index is 11.8. The van der Waals surface area contributed by atoms with Crippen LogP contribution in [-0.4, -0.2) is 15.7 Å². The van der Waals surface area contributed by atoms with E-state index in [4.69, 9.17) is 4.42 Å². The second-order valence-electron chi connectivity index (χ2n) is 3.83. The molecule has 17 heavy (non-hydrogen) atoms. The van der Waals surface area contributed by atoms with Crippen molar-refractivity contribution in [1.82, 2.24) is 4.57 Å². The zero-order valence-corrected chi connectivity index (χ0v) is 11.0. The van der Waals surface area contributed by atoms with Gasteiger partial charge < -0.3 is 4.42 Å². The minimum absolute atomic E-state index is 0.0675. The highest BCUT2D eigenvalue weighted by atomic mass is 79.9. The topological polar surface area (TPSA) is 52.2 Å². The molecule has 4 nitrogen and oxygen atoms in total. The molecule has 2 rings (SSSR count). The smallest absolute Gasteiger partial charge is 0.408 e. The molecular weight excluding hydrogens is 286 g/mol. The molecule has 0 radical (unpaired) electrons. The van der Waals surface area contributed by atoms with Crippen molar-refractivity contribution in [2.75, 3.05) is 5.33 Å². The van der Waals surface area contributed by atoms with Gasteiger partial charge in [0.1, 0.15) is 0 Å². The van der Waals surface area contributed by atoms with Crippen LogP contribution in [0.5, 0.6) is 0 Å². The predicted molar refractivity (Wildman–Crippen MR) is 68.8 cm³/mol. The summed E-state index contributed by atoms with van der Waals surface area (Å²) in [6.45, 7) is 0. The summed E-state index contributed by atoms with van der Waals surface area (Å²) in [5.74, 6) is -0.345. The van der Waals surface area contributed by atoms with Gasteiger partial charge in [0.2, 0.25) is 0 Å². The Morgan fingerprint density at radius 2 is 2.24 bits per heavy atom. The van der Waals surface area contributed by atoms with E-state index in [0.717, 1.165) is 11.8 Å². The van der Waals surface area contributed by atoms with Gasteiger partial charge in [0.25, 0.3) is 0 Å². The molecule has 0 aliphatic rings. The fourth-order valence-corrected chi connectivity index (χ4v) is 1.96. The number of ketones is 1. The molecular formula is C12H12BrNO3. The lowest BCUT2D eigenvalue weighted by Gasteiger charge is -1.99. The Kier molecular flexibility index (Phi) is 3.47. The molecule has 2 aromatic rings. The normalized spacial score (nSPS) is 10.9. The third-order valence-electron chi connectivity index (χ3n) is 2.65. The molecule has 0 aliphatic carbocycles. The number of hydrogen-bond donors (Lipinski definition) is 0. The van der Waals surface area contributed by atoms with Crippen LogP contribution in [0, 0.1) is 0 Å². The maximum absolute atomic E-state index is 11.8. The first-order valence-electron chi connectivity index (χ1n) is 5.32. The number of nitrogens with zero attached hydrogens (tertiary/aromatic N) is 1. The standard InChI is InChI=1S/C12H12BrNO3/c1-14-9-5-4-8(10(15)3-2-6-13)7-11(9)17-12(14)16/h4-5,7H,2-3,6H2,1H3. The number of benzene rings is 1. The first-order chi connectivity index (χ1) is 8.13. The molecule has 0 aliphatic heterocycles. The number of carbonyl (C=O) groups excluding carboxylic acids is 1. The molecule has 0 saturated carbocycles. The molecule has 5 heteroatoms. The van der Waals surface area contributed by atoms with Gasteiger partial charge >= 0.3 is 5.76 Å². The van der Waals surface area contributed by atoms with E-state index in [0.29, 0.717) is 23.1 Å². The molecule has 0 bridgehead atoms. The number of alkyl halides is 1. The van der Waals surface area contributed by atoms with Crippen molar-refractivity contribution in [2.24, 2.45) is 7.05 Å². The van der Waals surface area contributed by atoms with Crippen LogP contribution in [0.1, 0.15) is 23.2 Å². The van der Waals surface area contributed by atoms with Crippen molar-refractivity contribution in [3.8, 4) is 0 Å². The van der Waals surface area contributed by atoms with Gasteiger partial charge in [-0.1, -0.05) is 15.9 Å². The average Bonchev–Trinajstić information content (AvgIpc) is 2.61. The fraction of sp³-hybridized carbons (Fsp3) is 0.333. The first-order valence-corrected chi connectivity index (χ1v) is 6.44. The first kappa shape index (κ1) is 12.1. The Morgan fingerprint density at radius 3 is 2.94 bits per heavy atom. The lowest BCUT2D eigenvalue weighted by Crippen LogP contribution is -2.08. The van der Waals surface area contributed by atoms with Crippen molar-refractivity contribution in [1.29, 1.82) is 0 Å². The minimum atomic E-state index is -0.412. The third-order valence-corrected chi connectivity index (χ3v) is 3.21. The molecule has 0 amide bonds. The van der Waals surface area contributed by atoms with Crippen LogP contribution < -0.4 is 5.76 Å². The third kappa shape index (κ3) is 2.34. The van der Waals surface area contributed by atoms with Crippen LogP contribution in [0.3, 0.4) is 0 Å². The van der Waals surface area contributed by atoms with Gasteiger partial charge in [-0.25, -0.2) is 4.79 Å². The zero-order chi connectivity index (χ0) is 12.4. The number of carbonyl (C=O) groups is 1. The molecule has 1 aromatic carbocycles. The van der Waals surface area contributed by atoms with E-state index in [1.165, 1.54) is 4.57 Å². The van der Waals surface area contributed by atoms with Gasteiger partial charge in [-0.2, -0.15) is 0 Å². The number of halogens is 1. The van der Waals surface area contributed by atoms with E-state index in [1.807, 2.05) is 0 Å². The van der Waals surface area contributed by atoms with Gasteiger partial charge in [-0.05, 0) is 24.6 Å². The zero-order valence-electron chi connectivity index (χ0n) is 9.40. The Hall–Kier alpha value is -1.36. The van der Waals surface area contributed by atoms with Crippen LogP contribution >= 0.6 is 15.9 Å². The fourth-order valence-electron chi connectivity index (χ4n) is 1.68. The van der Waals surface area contributed by atoms with E-state index in [9.17, 15) is 9.59 Å². The van der Waals surface area contributed by atoms with Crippen LogP contribution in [-0.2, 0) is 7.05 Å². The summed E-state index contributed by atoms with van der Waals surface area (Å²) in [5, 5.41) is 0.807.